The van der Waals surface area contributed by atoms with E-state index in [1.165, 1.54) is 12.8 Å². The first-order chi connectivity index (χ1) is 19.6. The van der Waals surface area contributed by atoms with Crippen molar-refractivity contribution in [1.82, 2.24) is 4.90 Å². The summed E-state index contributed by atoms with van der Waals surface area (Å²) >= 11 is 0. The Hall–Kier alpha value is -2.70. The number of aromatic carboxylic acids is 1. The van der Waals surface area contributed by atoms with Crippen molar-refractivity contribution in [2.45, 2.75) is 118 Å². The van der Waals surface area contributed by atoms with Crippen LogP contribution in [0.4, 0.5) is 0 Å². The molecule has 4 rings (SSSR count). The van der Waals surface area contributed by atoms with Crippen LogP contribution < -0.4 is 4.74 Å². The van der Waals surface area contributed by atoms with Gasteiger partial charge in [-0.05, 0) is 116 Å². The molecule has 2 aromatic carbocycles. The van der Waals surface area contributed by atoms with Crippen molar-refractivity contribution in [3.63, 3.8) is 0 Å². The van der Waals surface area contributed by atoms with Crippen molar-refractivity contribution in [2.75, 3.05) is 0 Å². The third-order valence-corrected chi connectivity index (χ3v) is 9.06. The van der Waals surface area contributed by atoms with Crippen LogP contribution >= 0.6 is 0 Å². The molecule has 4 unspecified atom stereocenters. The van der Waals surface area contributed by atoms with E-state index in [1.54, 1.807) is 12.1 Å². The van der Waals surface area contributed by atoms with Gasteiger partial charge >= 0.3 is 5.97 Å². The maximum Gasteiger partial charge on any atom is 0.335 e. The first-order valence-corrected chi connectivity index (χ1v) is 15.8. The summed E-state index contributed by atoms with van der Waals surface area (Å²) in [5.74, 6) is 0.800. The van der Waals surface area contributed by atoms with E-state index < -0.39 is 12.2 Å². The number of aliphatic hydroxyl groups is 1. The minimum absolute atomic E-state index is 0.0864. The molecule has 2 aliphatic rings. The Kier molecular flexibility index (Phi) is 9.89. The molecule has 0 amide bonds. The highest BCUT2D eigenvalue weighted by atomic mass is 16.5. The van der Waals surface area contributed by atoms with Crippen LogP contribution in [0.1, 0.15) is 121 Å². The summed E-state index contributed by atoms with van der Waals surface area (Å²) in [6.45, 7) is 17.8. The van der Waals surface area contributed by atoms with Crippen molar-refractivity contribution in [2.24, 2.45) is 27.7 Å². The predicted molar refractivity (Wildman–Crippen MR) is 170 cm³/mol. The second-order valence-electron chi connectivity index (χ2n) is 15.0. The summed E-state index contributed by atoms with van der Waals surface area (Å²) < 4.78 is 5.87. The molecule has 2 N–H and O–H groups in total. The van der Waals surface area contributed by atoms with E-state index in [4.69, 9.17) is 9.73 Å². The summed E-state index contributed by atoms with van der Waals surface area (Å²) in [6.07, 6.45) is 5.42. The molecule has 0 radical (unpaired) electrons. The number of hydrogen-bond acceptors (Lipinski definition) is 5. The Labute approximate surface area is 253 Å². The van der Waals surface area contributed by atoms with E-state index in [0.717, 1.165) is 42.6 Å². The van der Waals surface area contributed by atoms with Crippen LogP contribution in [0.25, 0.3) is 0 Å². The number of aliphatic hydroxyl groups excluding tert-OH is 1. The molecule has 0 saturated heterocycles. The first kappa shape index (κ1) is 32.2. The second kappa shape index (κ2) is 12.9. The Bertz CT molecular complexity index is 1220. The van der Waals surface area contributed by atoms with Crippen molar-refractivity contribution >= 4 is 11.7 Å². The van der Waals surface area contributed by atoms with Gasteiger partial charge in [-0.2, -0.15) is 0 Å². The summed E-state index contributed by atoms with van der Waals surface area (Å²) in [7, 11) is 0. The van der Waals surface area contributed by atoms with Crippen molar-refractivity contribution in [3.8, 4) is 5.75 Å². The molecule has 6 heteroatoms. The Morgan fingerprint density at radius 1 is 1.00 bits per heavy atom. The van der Waals surface area contributed by atoms with Gasteiger partial charge < -0.3 is 14.9 Å². The third kappa shape index (κ3) is 7.82. The number of rotatable bonds is 9. The van der Waals surface area contributed by atoms with Gasteiger partial charge in [-0.25, -0.2) is 9.69 Å². The molecule has 6 nitrogen and oxygen atoms in total. The fourth-order valence-corrected chi connectivity index (χ4v) is 6.66. The van der Waals surface area contributed by atoms with Gasteiger partial charge in [-0.1, -0.05) is 60.1 Å². The molecular formula is C36H52N2O4. The number of carboxylic acids is 1. The highest BCUT2D eigenvalue weighted by Gasteiger charge is 2.46. The number of carbonyl (C=O) groups is 1. The van der Waals surface area contributed by atoms with E-state index in [1.807, 2.05) is 50.2 Å². The largest absolute Gasteiger partial charge is 0.491 e. The topological polar surface area (TPSA) is 82.4 Å². The molecule has 0 spiro atoms. The van der Waals surface area contributed by atoms with E-state index in [0.29, 0.717) is 17.5 Å². The van der Waals surface area contributed by atoms with E-state index >= 15 is 0 Å². The molecule has 2 aromatic rings. The van der Waals surface area contributed by atoms with Crippen LogP contribution in [0.2, 0.25) is 0 Å². The Balaban J connectivity index is 1.76. The van der Waals surface area contributed by atoms with E-state index in [-0.39, 0.29) is 34.7 Å². The molecule has 1 aliphatic heterocycles. The Morgan fingerprint density at radius 2 is 1.64 bits per heavy atom. The summed E-state index contributed by atoms with van der Waals surface area (Å²) in [6, 6.07) is 15.0. The predicted octanol–water partition coefficient (Wildman–Crippen LogP) is 8.34. The number of ether oxygens (including phenoxy) is 1. The van der Waals surface area contributed by atoms with Crippen LogP contribution in [0.15, 0.2) is 53.5 Å². The van der Waals surface area contributed by atoms with Gasteiger partial charge in [0, 0.05) is 6.04 Å². The number of carboxylic acid groups (broad SMARTS) is 1. The van der Waals surface area contributed by atoms with E-state index in [9.17, 15) is 15.0 Å². The van der Waals surface area contributed by atoms with Gasteiger partial charge in [-0.15, -0.1) is 0 Å². The van der Waals surface area contributed by atoms with Gasteiger partial charge in [0.2, 0.25) is 0 Å². The summed E-state index contributed by atoms with van der Waals surface area (Å²) in [5.41, 5.74) is 3.23. The SMILES string of the molecule is CC(C)Oc1ccc(C2=NC(C3CCCC(C(C)(C)C)C3)N([C@H](CCC(C)(C)C)c3ccc(C(=O)O)cc3)C2O)cc1. The van der Waals surface area contributed by atoms with Crippen LogP contribution in [-0.4, -0.2) is 45.3 Å². The molecule has 1 saturated carbocycles. The standard InChI is InChI=1S/C36H52N2O4/c1-23(2)42-29-18-16-25(17-19-29)31-33(39)38(32(37-31)27-10-9-11-28(22-27)36(6,7)8)30(20-21-35(3,4)5)24-12-14-26(15-13-24)34(40)41/h12-19,23,27-28,30,32-33,39H,9-11,20-22H2,1-8H3,(H,40,41)/t27?,28?,30-,32?,33?/m1/s1. The van der Waals surface area contributed by atoms with Gasteiger partial charge in [0.05, 0.1) is 17.4 Å². The average Bonchev–Trinajstić information content (AvgIpc) is 3.25. The van der Waals surface area contributed by atoms with Crippen LogP contribution in [0, 0.1) is 22.7 Å². The highest BCUT2D eigenvalue weighted by molar-refractivity contribution is 6.04. The zero-order valence-electron chi connectivity index (χ0n) is 26.9. The smallest absolute Gasteiger partial charge is 0.335 e. The molecular weight excluding hydrogens is 524 g/mol. The van der Waals surface area contributed by atoms with Crippen molar-refractivity contribution in [3.05, 3.63) is 65.2 Å². The molecule has 1 aliphatic carbocycles. The zero-order chi connectivity index (χ0) is 30.8. The first-order valence-electron chi connectivity index (χ1n) is 15.8. The maximum atomic E-state index is 12.1. The Morgan fingerprint density at radius 3 is 2.19 bits per heavy atom. The minimum atomic E-state index is -0.933. The van der Waals surface area contributed by atoms with Crippen molar-refractivity contribution in [1.29, 1.82) is 0 Å². The molecule has 230 valence electrons. The number of hydrogen-bond donors (Lipinski definition) is 2. The molecule has 1 fully saturated rings. The fraction of sp³-hybridized carbons (Fsp3) is 0.611. The lowest BCUT2D eigenvalue weighted by Crippen LogP contribution is -2.47. The quantitative estimate of drug-likeness (QED) is 0.314. The van der Waals surface area contributed by atoms with Gasteiger partial charge in [-0.3, -0.25) is 4.99 Å². The highest BCUT2D eigenvalue weighted by Crippen LogP contribution is 2.46. The number of aliphatic imine (C=N–C) groups is 1. The normalized spacial score (nSPS) is 24.5. The lowest BCUT2D eigenvalue weighted by molar-refractivity contribution is -0.0305. The van der Waals surface area contributed by atoms with Crippen LogP contribution in [0.5, 0.6) is 5.75 Å². The molecule has 5 atom stereocenters. The molecule has 42 heavy (non-hydrogen) atoms. The lowest BCUT2D eigenvalue weighted by Gasteiger charge is -2.43. The average molecular weight is 577 g/mol. The monoisotopic (exact) mass is 576 g/mol. The zero-order valence-corrected chi connectivity index (χ0v) is 26.9. The van der Waals surface area contributed by atoms with E-state index in [2.05, 4.69) is 46.4 Å². The number of nitrogens with zero attached hydrogens (tertiary/aromatic N) is 2. The fourth-order valence-electron chi connectivity index (χ4n) is 6.66. The molecule has 0 bridgehead atoms. The van der Waals surface area contributed by atoms with Crippen LogP contribution in [-0.2, 0) is 0 Å². The van der Waals surface area contributed by atoms with Gasteiger partial charge in [0.25, 0.3) is 0 Å². The van der Waals surface area contributed by atoms with Crippen LogP contribution in [0.3, 0.4) is 0 Å². The lowest BCUT2D eigenvalue weighted by atomic mass is 9.68. The third-order valence-electron chi connectivity index (χ3n) is 9.06. The second-order valence-corrected chi connectivity index (χ2v) is 15.0. The van der Waals surface area contributed by atoms with Gasteiger partial charge in [0.1, 0.15) is 11.9 Å². The molecule has 1 heterocycles. The maximum absolute atomic E-state index is 12.1. The minimum Gasteiger partial charge on any atom is -0.491 e. The number of benzene rings is 2. The molecule has 0 aromatic heterocycles. The summed E-state index contributed by atoms with van der Waals surface area (Å²) in [5, 5.41) is 21.6. The summed E-state index contributed by atoms with van der Waals surface area (Å²) in [4.78, 5) is 19.2. The van der Waals surface area contributed by atoms with Gasteiger partial charge in [0.15, 0.2) is 6.23 Å². The van der Waals surface area contributed by atoms with Crippen molar-refractivity contribution < 1.29 is 19.7 Å².